The first-order valence-electron chi connectivity index (χ1n) is 9.63. The van der Waals surface area contributed by atoms with Crippen LogP contribution >= 0.6 is 0 Å². The van der Waals surface area contributed by atoms with Crippen LogP contribution in [0.4, 0.5) is 4.79 Å². The number of amides is 1. The average molecular weight is 380 g/mol. The van der Waals surface area contributed by atoms with Gasteiger partial charge in [0.1, 0.15) is 19.3 Å². The van der Waals surface area contributed by atoms with Crippen LogP contribution in [0.25, 0.3) is 0 Å². The number of hydrogen-bond acceptors (Lipinski definition) is 5. The molecule has 1 N–H and O–H groups in total. The number of benzene rings is 2. The first-order valence-corrected chi connectivity index (χ1v) is 9.63. The summed E-state index contributed by atoms with van der Waals surface area (Å²) >= 11 is 0. The molecule has 2 aromatic rings. The summed E-state index contributed by atoms with van der Waals surface area (Å²) in [5.74, 6) is -0.302. The molecule has 3 atom stereocenters. The molecule has 1 amide bonds. The van der Waals surface area contributed by atoms with Crippen molar-refractivity contribution in [1.29, 1.82) is 0 Å². The van der Waals surface area contributed by atoms with Crippen molar-refractivity contribution in [2.45, 2.75) is 31.7 Å². The quantitative estimate of drug-likeness (QED) is 0.808. The first kappa shape index (κ1) is 18.5. The van der Waals surface area contributed by atoms with Crippen molar-refractivity contribution in [1.82, 2.24) is 10.2 Å². The molecule has 2 aliphatic heterocycles. The van der Waals surface area contributed by atoms with Crippen LogP contribution in [-0.4, -0.2) is 42.1 Å². The van der Waals surface area contributed by atoms with Gasteiger partial charge in [0.15, 0.2) is 0 Å². The van der Waals surface area contributed by atoms with Crippen LogP contribution in [-0.2, 0) is 27.5 Å². The smallest absolute Gasteiger partial charge is 0.410 e. The van der Waals surface area contributed by atoms with Crippen molar-refractivity contribution in [3.05, 3.63) is 71.8 Å². The summed E-state index contributed by atoms with van der Waals surface area (Å²) in [7, 11) is 0. The molecule has 2 heterocycles. The molecule has 2 fully saturated rings. The van der Waals surface area contributed by atoms with E-state index in [4.69, 9.17) is 9.47 Å². The fourth-order valence-corrected chi connectivity index (χ4v) is 4.03. The maximum Gasteiger partial charge on any atom is 0.410 e. The standard InChI is InChI=1S/C22H24N2O4/c25-21(27-14-16-7-3-1-4-8-16)20-18-11-12-23-19(18)13-24(20)22(26)28-15-17-9-5-2-6-10-17/h1-10,18-20,23H,11-15H2. The molecule has 4 rings (SSSR count). The van der Waals surface area contributed by atoms with Gasteiger partial charge < -0.3 is 14.8 Å². The number of rotatable bonds is 5. The van der Waals surface area contributed by atoms with E-state index in [1.54, 1.807) is 0 Å². The second-order valence-corrected chi connectivity index (χ2v) is 7.24. The van der Waals surface area contributed by atoms with Crippen molar-refractivity contribution in [3.63, 3.8) is 0 Å². The van der Waals surface area contributed by atoms with Gasteiger partial charge in [-0.05, 0) is 24.1 Å². The molecule has 2 aromatic carbocycles. The summed E-state index contributed by atoms with van der Waals surface area (Å²) in [6, 6.07) is 18.6. The van der Waals surface area contributed by atoms with E-state index in [9.17, 15) is 9.59 Å². The van der Waals surface area contributed by atoms with Crippen LogP contribution in [0.2, 0.25) is 0 Å². The lowest BCUT2D eigenvalue weighted by molar-refractivity contribution is -0.151. The highest BCUT2D eigenvalue weighted by molar-refractivity contribution is 5.83. The van der Waals surface area contributed by atoms with Gasteiger partial charge in [0.25, 0.3) is 0 Å². The Morgan fingerprint density at radius 2 is 1.54 bits per heavy atom. The van der Waals surface area contributed by atoms with E-state index in [-0.39, 0.29) is 31.1 Å². The Morgan fingerprint density at radius 3 is 2.18 bits per heavy atom. The van der Waals surface area contributed by atoms with E-state index in [1.807, 2.05) is 60.7 Å². The Balaban J connectivity index is 1.41. The molecule has 2 aliphatic rings. The van der Waals surface area contributed by atoms with Crippen LogP contribution in [0.15, 0.2) is 60.7 Å². The van der Waals surface area contributed by atoms with Gasteiger partial charge in [0.2, 0.25) is 0 Å². The van der Waals surface area contributed by atoms with Gasteiger partial charge in [-0.25, -0.2) is 9.59 Å². The monoisotopic (exact) mass is 380 g/mol. The zero-order valence-corrected chi connectivity index (χ0v) is 15.6. The number of nitrogens with zero attached hydrogens (tertiary/aromatic N) is 1. The molecule has 0 saturated carbocycles. The molecular formula is C22H24N2O4. The minimum absolute atomic E-state index is 0.0625. The van der Waals surface area contributed by atoms with Crippen LogP contribution in [0, 0.1) is 5.92 Å². The molecule has 0 spiro atoms. The normalized spacial score (nSPS) is 23.3. The van der Waals surface area contributed by atoms with E-state index in [2.05, 4.69) is 5.32 Å². The van der Waals surface area contributed by atoms with E-state index >= 15 is 0 Å². The lowest BCUT2D eigenvalue weighted by atomic mass is 9.97. The highest BCUT2D eigenvalue weighted by atomic mass is 16.6. The van der Waals surface area contributed by atoms with Gasteiger partial charge in [0, 0.05) is 18.5 Å². The van der Waals surface area contributed by atoms with Crippen molar-refractivity contribution in [2.75, 3.05) is 13.1 Å². The Hall–Kier alpha value is -2.86. The molecule has 0 bridgehead atoms. The predicted molar refractivity (Wildman–Crippen MR) is 103 cm³/mol. The minimum atomic E-state index is -0.605. The molecule has 0 aliphatic carbocycles. The number of fused-ring (bicyclic) bond motifs is 1. The predicted octanol–water partition coefficient (Wildman–Crippen LogP) is 2.73. The first-order chi connectivity index (χ1) is 13.7. The summed E-state index contributed by atoms with van der Waals surface area (Å²) < 4.78 is 11.0. The van der Waals surface area contributed by atoms with Crippen LogP contribution in [0.3, 0.4) is 0 Å². The van der Waals surface area contributed by atoms with E-state index in [0.29, 0.717) is 6.54 Å². The lowest BCUT2D eigenvalue weighted by Gasteiger charge is -2.25. The second kappa shape index (κ2) is 8.44. The SMILES string of the molecule is O=C(OCc1ccccc1)C1C2CCNC2CN1C(=O)OCc1ccccc1. The summed E-state index contributed by atoms with van der Waals surface area (Å²) in [6.07, 6.45) is 0.375. The second-order valence-electron chi connectivity index (χ2n) is 7.24. The fourth-order valence-electron chi connectivity index (χ4n) is 4.03. The molecule has 0 aromatic heterocycles. The third-order valence-corrected chi connectivity index (χ3v) is 5.44. The molecule has 2 saturated heterocycles. The minimum Gasteiger partial charge on any atom is -0.459 e. The maximum absolute atomic E-state index is 12.9. The molecule has 6 nitrogen and oxygen atoms in total. The number of nitrogens with one attached hydrogen (secondary N) is 1. The number of esters is 1. The van der Waals surface area contributed by atoms with Crippen molar-refractivity contribution >= 4 is 12.1 Å². The van der Waals surface area contributed by atoms with E-state index < -0.39 is 12.1 Å². The summed E-state index contributed by atoms with van der Waals surface area (Å²) in [5.41, 5.74) is 1.84. The Kier molecular flexibility index (Phi) is 5.58. The lowest BCUT2D eigenvalue weighted by Crippen LogP contribution is -2.44. The largest absolute Gasteiger partial charge is 0.459 e. The topological polar surface area (TPSA) is 67.9 Å². The van der Waals surface area contributed by atoms with Gasteiger partial charge in [-0.2, -0.15) is 0 Å². The zero-order chi connectivity index (χ0) is 19.3. The van der Waals surface area contributed by atoms with Crippen molar-refractivity contribution in [2.24, 2.45) is 5.92 Å². The van der Waals surface area contributed by atoms with Crippen LogP contribution in [0.1, 0.15) is 17.5 Å². The van der Waals surface area contributed by atoms with E-state index in [0.717, 1.165) is 24.1 Å². The third kappa shape index (κ3) is 4.02. The Bertz CT molecular complexity index is 812. The number of likely N-dealkylation sites (tertiary alicyclic amines) is 1. The highest BCUT2D eigenvalue weighted by Gasteiger charge is 2.51. The molecule has 28 heavy (non-hydrogen) atoms. The van der Waals surface area contributed by atoms with Gasteiger partial charge in [0.05, 0.1) is 0 Å². The van der Waals surface area contributed by atoms with Crippen LogP contribution in [0.5, 0.6) is 0 Å². The Morgan fingerprint density at radius 1 is 0.929 bits per heavy atom. The maximum atomic E-state index is 12.9. The average Bonchev–Trinajstić information content (AvgIpc) is 3.33. The zero-order valence-electron chi connectivity index (χ0n) is 15.6. The number of ether oxygens (including phenoxy) is 2. The summed E-state index contributed by atoms with van der Waals surface area (Å²) in [4.78, 5) is 27.1. The third-order valence-electron chi connectivity index (χ3n) is 5.44. The Labute approximate surface area is 164 Å². The van der Waals surface area contributed by atoms with Gasteiger partial charge in [-0.15, -0.1) is 0 Å². The van der Waals surface area contributed by atoms with E-state index in [1.165, 1.54) is 4.90 Å². The molecule has 6 heteroatoms. The highest BCUT2D eigenvalue weighted by Crippen LogP contribution is 2.32. The van der Waals surface area contributed by atoms with Crippen molar-refractivity contribution < 1.29 is 19.1 Å². The van der Waals surface area contributed by atoms with Gasteiger partial charge in [-0.1, -0.05) is 60.7 Å². The molecular weight excluding hydrogens is 356 g/mol. The fraction of sp³-hybridized carbons (Fsp3) is 0.364. The molecule has 3 unspecified atom stereocenters. The van der Waals surface area contributed by atoms with Gasteiger partial charge in [-0.3, -0.25) is 4.90 Å². The molecule has 0 radical (unpaired) electrons. The van der Waals surface area contributed by atoms with Gasteiger partial charge >= 0.3 is 12.1 Å². The summed E-state index contributed by atoms with van der Waals surface area (Å²) in [5, 5.41) is 3.38. The number of hydrogen-bond donors (Lipinski definition) is 1. The summed E-state index contributed by atoms with van der Waals surface area (Å²) in [6.45, 7) is 1.70. The van der Waals surface area contributed by atoms with Crippen molar-refractivity contribution in [3.8, 4) is 0 Å². The van der Waals surface area contributed by atoms with Crippen LogP contribution < -0.4 is 5.32 Å². The molecule has 146 valence electrons. The number of carbonyl (C=O) groups excluding carboxylic acids is 2. The number of carbonyl (C=O) groups is 2.